The van der Waals surface area contributed by atoms with Crippen molar-refractivity contribution in [1.29, 1.82) is 0 Å². The molecule has 3 nitrogen and oxygen atoms in total. The van der Waals surface area contributed by atoms with E-state index >= 15 is 0 Å². The number of rotatable bonds is 4. The second-order valence-electron chi connectivity index (χ2n) is 4.42. The summed E-state index contributed by atoms with van der Waals surface area (Å²) in [6.07, 6.45) is 5.70. The van der Waals surface area contributed by atoms with Gasteiger partial charge < -0.3 is 0 Å². The van der Waals surface area contributed by atoms with Crippen molar-refractivity contribution in [2.24, 2.45) is 0 Å². The number of hydrogen-bond acceptors (Lipinski definition) is 2. The second kappa shape index (κ2) is 4.08. The topological polar surface area (TPSA) is 30.7 Å². The van der Waals surface area contributed by atoms with E-state index in [0.717, 1.165) is 13.0 Å². The highest BCUT2D eigenvalue weighted by Crippen LogP contribution is 2.38. The third-order valence-corrected chi connectivity index (χ3v) is 3.02. The Labute approximate surface area is 95.1 Å². The molecule has 0 bridgehead atoms. The zero-order valence-electron chi connectivity index (χ0n) is 9.21. The van der Waals surface area contributed by atoms with Gasteiger partial charge in [-0.05, 0) is 24.8 Å². The van der Waals surface area contributed by atoms with Gasteiger partial charge >= 0.3 is 0 Å². The molecule has 0 N–H and O–H groups in total. The third kappa shape index (κ3) is 2.13. The quantitative estimate of drug-likeness (QED) is 0.780. The standard InChI is InChI=1S/C13H15N3/c1-2-4-11(5-3-1)8-9-16-10-13(14-15-16)12-6-7-12/h1-5,10,12H,6-9H2. The lowest BCUT2D eigenvalue weighted by Crippen LogP contribution is -2.01. The van der Waals surface area contributed by atoms with E-state index < -0.39 is 0 Å². The number of aromatic nitrogens is 3. The summed E-state index contributed by atoms with van der Waals surface area (Å²) in [6, 6.07) is 10.5. The summed E-state index contributed by atoms with van der Waals surface area (Å²) < 4.78 is 1.96. The molecular formula is C13H15N3. The Kier molecular flexibility index (Phi) is 2.44. The van der Waals surface area contributed by atoms with E-state index in [1.807, 2.05) is 10.7 Å². The molecule has 1 saturated carbocycles. The fourth-order valence-corrected chi connectivity index (χ4v) is 1.88. The third-order valence-electron chi connectivity index (χ3n) is 3.02. The molecular weight excluding hydrogens is 198 g/mol. The lowest BCUT2D eigenvalue weighted by molar-refractivity contribution is 0.589. The molecule has 1 heterocycles. The number of hydrogen-bond donors (Lipinski definition) is 0. The first-order chi connectivity index (χ1) is 7.92. The van der Waals surface area contributed by atoms with Gasteiger partial charge in [0.05, 0.1) is 5.69 Å². The summed E-state index contributed by atoms with van der Waals surface area (Å²) in [4.78, 5) is 0. The van der Waals surface area contributed by atoms with Crippen LogP contribution in [0, 0.1) is 0 Å². The first-order valence-electron chi connectivity index (χ1n) is 5.86. The van der Waals surface area contributed by atoms with Crippen LogP contribution in [0.5, 0.6) is 0 Å². The Bertz CT molecular complexity index is 457. The predicted molar refractivity (Wildman–Crippen MR) is 62.1 cm³/mol. The van der Waals surface area contributed by atoms with Gasteiger partial charge in [0.25, 0.3) is 0 Å². The van der Waals surface area contributed by atoms with E-state index in [1.54, 1.807) is 0 Å². The van der Waals surface area contributed by atoms with Crippen molar-refractivity contribution < 1.29 is 0 Å². The highest BCUT2D eigenvalue weighted by atomic mass is 15.4. The van der Waals surface area contributed by atoms with Crippen LogP contribution in [0.15, 0.2) is 36.5 Å². The minimum Gasteiger partial charge on any atom is -0.252 e. The van der Waals surface area contributed by atoms with Crippen LogP contribution in [0.1, 0.15) is 30.0 Å². The largest absolute Gasteiger partial charge is 0.252 e. The molecule has 0 atom stereocenters. The van der Waals surface area contributed by atoms with Crippen molar-refractivity contribution in [1.82, 2.24) is 15.0 Å². The zero-order chi connectivity index (χ0) is 10.8. The lowest BCUT2D eigenvalue weighted by Gasteiger charge is -2.00. The molecule has 3 heteroatoms. The number of aryl methyl sites for hydroxylation is 2. The second-order valence-corrected chi connectivity index (χ2v) is 4.42. The molecule has 1 aliphatic carbocycles. The van der Waals surface area contributed by atoms with E-state index in [0.29, 0.717) is 5.92 Å². The lowest BCUT2D eigenvalue weighted by atomic mass is 10.1. The van der Waals surface area contributed by atoms with Gasteiger partial charge in [0, 0.05) is 18.7 Å². The van der Waals surface area contributed by atoms with Crippen molar-refractivity contribution >= 4 is 0 Å². The van der Waals surface area contributed by atoms with Gasteiger partial charge in [-0.15, -0.1) is 5.10 Å². The van der Waals surface area contributed by atoms with Crippen LogP contribution in [0.2, 0.25) is 0 Å². The molecule has 0 radical (unpaired) electrons. The fraction of sp³-hybridized carbons (Fsp3) is 0.385. The average molecular weight is 213 g/mol. The number of nitrogens with zero attached hydrogens (tertiary/aromatic N) is 3. The van der Waals surface area contributed by atoms with Crippen LogP contribution in [0.25, 0.3) is 0 Å². The Balaban J connectivity index is 1.61. The van der Waals surface area contributed by atoms with E-state index in [9.17, 15) is 0 Å². The Morgan fingerprint density at radius 1 is 1.19 bits per heavy atom. The number of benzene rings is 1. The molecule has 1 fully saturated rings. The van der Waals surface area contributed by atoms with E-state index in [1.165, 1.54) is 24.1 Å². The Hall–Kier alpha value is -1.64. The van der Waals surface area contributed by atoms with E-state index in [2.05, 4.69) is 40.8 Å². The summed E-state index contributed by atoms with van der Waals surface area (Å²) in [5.74, 6) is 0.700. The predicted octanol–water partition coefficient (Wildman–Crippen LogP) is 2.40. The van der Waals surface area contributed by atoms with Gasteiger partial charge in [-0.3, -0.25) is 4.68 Å². The minimum absolute atomic E-state index is 0.700. The van der Waals surface area contributed by atoms with Gasteiger partial charge in [-0.1, -0.05) is 35.5 Å². The molecule has 82 valence electrons. The van der Waals surface area contributed by atoms with Gasteiger partial charge in [-0.2, -0.15) is 0 Å². The van der Waals surface area contributed by atoms with Gasteiger partial charge in [0.15, 0.2) is 0 Å². The summed E-state index contributed by atoms with van der Waals surface area (Å²) in [5.41, 5.74) is 2.53. The monoisotopic (exact) mass is 213 g/mol. The maximum absolute atomic E-state index is 4.20. The van der Waals surface area contributed by atoms with Crippen LogP contribution < -0.4 is 0 Å². The van der Waals surface area contributed by atoms with Crippen molar-refractivity contribution in [2.75, 3.05) is 0 Å². The molecule has 1 aromatic carbocycles. The Morgan fingerprint density at radius 2 is 2.00 bits per heavy atom. The molecule has 2 aromatic rings. The first-order valence-corrected chi connectivity index (χ1v) is 5.86. The summed E-state index contributed by atoms with van der Waals surface area (Å²) in [7, 11) is 0. The van der Waals surface area contributed by atoms with Gasteiger partial charge in [-0.25, -0.2) is 0 Å². The van der Waals surface area contributed by atoms with Crippen molar-refractivity contribution in [3.8, 4) is 0 Å². The molecule has 0 aliphatic heterocycles. The van der Waals surface area contributed by atoms with Crippen molar-refractivity contribution in [3.05, 3.63) is 47.8 Å². The SMILES string of the molecule is c1ccc(CCn2cc(C3CC3)nn2)cc1. The van der Waals surface area contributed by atoms with Gasteiger partial charge in [0.2, 0.25) is 0 Å². The average Bonchev–Trinajstić information content (AvgIpc) is 3.08. The summed E-state index contributed by atoms with van der Waals surface area (Å²) in [6.45, 7) is 0.920. The van der Waals surface area contributed by atoms with Crippen molar-refractivity contribution in [3.63, 3.8) is 0 Å². The fourth-order valence-electron chi connectivity index (χ4n) is 1.88. The highest BCUT2D eigenvalue weighted by molar-refractivity contribution is 5.14. The van der Waals surface area contributed by atoms with Crippen molar-refractivity contribution in [2.45, 2.75) is 31.7 Å². The minimum atomic E-state index is 0.700. The maximum atomic E-state index is 4.20. The normalized spacial score (nSPS) is 15.2. The highest BCUT2D eigenvalue weighted by Gasteiger charge is 2.26. The Morgan fingerprint density at radius 3 is 2.75 bits per heavy atom. The van der Waals surface area contributed by atoms with Crippen LogP contribution >= 0.6 is 0 Å². The molecule has 3 rings (SSSR count). The van der Waals surface area contributed by atoms with Crippen LogP contribution in [0.3, 0.4) is 0 Å². The first kappa shape index (κ1) is 9.58. The molecule has 0 saturated heterocycles. The van der Waals surface area contributed by atoms with Gasteiger partial charge in [0.1, 0.15) is 0 Å². The smallest absolute Gasteiger partial charge is 0.0857 e. The molecule has 16 heavy (non-hydrogen) atoms. The van der Waals surface area contributed by atoms with E-state index in [-0.39, 0.29) is 0 Å². The van der Waals surface area contributed by atoms with Crippen LogP contribution in [-0.4, -0.2) is 15.0 Å². The molecule has 0 spiro atoms. The van der Waals surface area contributed by atoms with E-state index in [4.69, 9.17) is 0 Å². The van der Waals surface area contributed by atoms with Crippen LogP contribution in [0.4, 0.5) is 0 Å². The molecule has 1 aliphatic rings. The molecule has 0 amide bonds. The summed E-state index contributed by atoms with van der Waals surface area (Å²) in [5, 5.41) is 8.36. The summed E-state index contributed by atoms with van der Waals surface area (Å²) >= 11 is 0. The molecule has 1 aromatic heterocycles. The molecule has 0 unspecified atom stereocenters. The van der Waals surface area contributed by atoms with Crippen LogP contribution in [-0.2, 0) is 13.0 Å². The maximum Gasteiger partial charge on any atom is 0.0857 e. The zero-order valence-corrected chi connectivity index (χ0v) is 9.21.